The Labute approximate surface area is 107 Å². The largest absolute Gasteiger partial charge is 0.550 e. The Kier molecular flexibility index (Phi) is 5.13. The second-order valence-electron chi connectivity index (χ2n) is 4.97. The molecule has 0 radical (unpaired) electrons. The zero-order valence-electron chi connectivity index (χ0n) is 10.8. The van der Waals surface area contributed by atoms with Crippen LogP contribution in [0.1, 0.15) is 39.5 Å². The minimum absolute atomic E-state index is 0.261. The quantitative estimate of drug-likeness (QED) is 0.667. The Bertz CT molecular complexity index is 389. The highest BCUT2D eigenvalue weighted by atomic mass is 16.4. The summed E-state index contributed by atoms with van der Waals surface area (Å²) in [5.41, 5.74) is 2.20. The molecule has 0 heterocycles. The maximum absolute atomic E-state index is 11.0. The summed E-state index contributed by atoms with van der Waals surface area (Å²) in [5.74, 6) is -4.46. The Morgan fingerprint density at radius 1 is 1.22 bits per heavy atom. The number of carboxylic acids is 2. The Hall–Kier alpha value is -1.58. The first-order valence-electron chi connectivity index (χ1n) is 6.14. The summed E-state index contributed by atoms with van der Waals surface area (Å²) in [5, 5.41) is 21.8. The van der Waals surface area contributed by atoms with Gasteiger partial charge in [0.05, 0.1) is 0 Å². The van der Waals surface area contributed by atoms with E-state index in [9.17, 15) is 19.8 Å². The molecule has 1 aliphatic rings. The Morgan fingerprint density at radius 2 is 1.83 bits per heavy atom. The Morgan fingerprint density at radius 3 is 2.33 bits per heavy atom. The first-order valence-corrected chi connectivity index (χ1v) is 6.14. The lowest BCUT2D eigenvalue weighted by molar-refractivity contribution is -0.327. The van der Waals surface area contributed by atoms with Crippen LogP contribution in [0, 0.1) is 11.8 Å². The van der Waals surface area contributed by atoms with Gasteiger partial charge >= 0.3 is 0 Å². The lowest BCUT2D eigenvalue weighted by atomic mass is 9.76. The molecule has 4 heteroatoms. The summed E-state index contributed by atoms with van der Waals surface area (Å²) in [6.07, 6.45) is 5.99. The number of aliphatic carboxylic acids is 2. The average molecular weight is 250 g/mol. The predicted octanol–water partition coefficient (Wildman–Crippen LogP) is 0.185. The van der Waals surface area contributed by atoms with Crippen molar-refractivity contribution in [3.8, 4) is 0 Å². The molecule has 100 valence electrons. The minimum atomic E-state index is -1.29. The van der Waals surface area contributed by atoms with E-state index in [0.29, 0.717) is 12.8 Å². The molecule has 0 aromatic carbocycles. The van der Waals surface area contributed by atoms with Crippen LogP contribution in [0.5, 0.6) is 0 Å². The van der Waals surface area contributed by atoms with Gasteiger partial charge in [-0.3, -0.25) is 0 Å². The van der Waals surface area contributed by atoms with E-state index in [1.807, 2.05) is 26.0 Å². The maximum Gasteiger partial charge on any atom is 0.0455 e. The number of allylic oxidation sites excluding steroid dienone is 4. The number of rotatable bonds is 4. The molecule has 0 spiro atoms. The second-order valence-corrected chi connectivity index (χ2v) is 4.97. The number of hydrogen-bond donors (Lipinski definition) is 0. The molecule has 0 saturated heterocycles. The lowest BCUT2D eigenvalue weighted by Crippen LogP contribution is -2.45. The summed E-state index contributed by atoms with van der Waals surface area (Å²) >= 11 is 0. The van der Waals surface area contributed by atoms with Crippen LogP contribution >= 0.6 is 0 Å². The van der Waals surface area contributed by atoms with Crippen LogP contribution in [0.4, 0.5) is 0 Å². The molecule has 4 nitrogen and oxygen atoms in total. The van der Waals surface area contributed by atoms with Crippen molar-refractivity contribution in [1.29, 1.82) is 0 Å². The van der Waals surface area contributed by atoms with Gasteiger partial charge in [-0.25, -0.2) is 0 Å². The first-order chi connectivity index (χ1) is 8.41. The summed E-state index contributed by atoms with van der Waals surface area (Å²) in [4.78, 5) is 21.8. The van der Waals surface area contributed by atoms with E-state index in [1.54, 1.807) is 0 Å². The van der Waals surface area contributed by atoms with E-state index in [-0.39, 0.29) is 6.42 Å². The van der Waals surface area contributed by atoms with Crippen molar-refractivity contribution in [3.05, 3.63) is 23.3 Å². The normalized spacial score (nSPS) is 25.8. The van der Waals surface area contributed by atoms with Crippen molar-refractivity contribution in [1.82, 2.24) is 0 Å². The fraction of sp³-hybridized carbons (Fsp3) is 0.571. The summed E-state index contributed by atoms with van der Waals surface area (Å²) in [6.45, 7) is 3.99. The van der Waals surface area contributed by atoms with E-state index in [1.165, 1.54) is 5.57 Å². The molecular formula is C14H18O4-2. The molecule has 0 N–H and O–H groups in total. The minimum Gasteiger partial charge on any atom is -0.550 e. The van der Waals surface area contributed by atoms with Crippen molar-refractivity contribution in [3.63, 3.8) is 0 Å². The summed E-state index contributed by atoms with van der Waals surface area (Å²) in [7, 11) is 0. The van der Waals surface area contributed by atoms with E-state index in [4.69, 9.17) is 0 Å². The van der Waals surface area contributed by atoms with Crippen LogP contribution in [0.25, 0.3) is 0 Å². The van der Waals surface area contributed by atoms with Crippen molar-refractivity contribution in [2.45, 2.75) is 39.5 Å². The van der Waals surface area contributed by atoms with Gasteiger partial charge in [0, 0.05) is 23.8 Å². The van der Waals surface area contributed by atoms with E-state index >= 15 is 0 Å². The summed E-state index contributed by atoms with van der Waals surface area (Å²) in [6, 6.07) is 0. The van der Waals surface area contributed by atoms with Crippen LogP contribution in [0.15, 0.2) is 23.3 Å². The third-order valence-electron chi connectivity index (χ3n) is 3.28. The van der Waals surface area contributed by atoms with Gasteiger partial charge in [0.25, 0.3) is 0 Å². The molecule has 0 aromatic heterocycles. The molecule has 1 aliphatic carbocycles. The molecule has 1 rings (SSSR count). The topological polar surface area (TPSA) is 80.3 Å². The standard InChI is InChI=1S/C14H20O4/c1-9(2)4-3-5-10-6-7-11(13(15)16)12(8-10)14(17)18/h4-5,11-12H,3,6-8H2,1-2H3,(H,15,16)(H,17,18)/p-2/b10-5-/t11-,12-/m0/s1. The van der Waals surface area contributed by atoms with Gasteiger partial charge in [-0.05, 0) is 39.5 Å². The maximum atomic E-state index is 11.0. The van der Waals surface area contributed by atoms with Gasteiger partial charge < -0.3 is 19.8 Å². The zero-order chi connectivity index (χ0) is 13.7. The van der Waals surface area contributed by atoms with Gasteiger partial charge in [0.15, 0.2) is 0 Å². The van der Waals surface area contributed by atoms with Crippen LogP contribution in [0.2, 0.25) is 0 Å². The molecule has 18 heavy (non-hydrogen) atoms. The third kappa shape index (κ3) is 4.02. The highest BCUT2D eigenvalue weighted by molar-refractivity contribution is 5.78. The molecule has 0 bridgehead atoms. The monoisotopic (exact) mass is 250 g/mol. The molecule has 0 aromatic rings. The van der Waals surface area contributed by atoms with Gasteiger partial charge in [-0.2, -0.15) is 0 Å². The number of hydrogen-bond acceptors (Lipinski definition) is 4. The highest BCUT2D eigenvalue weighted by Crippen LogP contribution is 2.33. The van der Waals surface area contributed by atoms with Crippen LogP contribution < -0.4 is 10.2 Å². The third-order valence-corrected chi connectivity index (χ3v) is 3.28. The summed E-state index contributed by atoms with van der Waals surface area (Å²) < 4.78 is 0. The molecule has 0 amide bonds. The van der Waals surface area contributed by atoms with Crippen LogP contribution in [-0.2, 0) is 9.59 Å². The van der Waals surface area contributed by atoms with Crippen LogP contribution in [0.3, 0.4) is 0 Å². The fourth-order valence-electron chi connectivity index (χ4n) is 2.25. The van der Waals surface area contributed by atoms with Crippen LogP contribution in [-0.4, -0.2) is 11.9 Å². The highest BCUT2D eigenvalue weighted by Gasteiger charge is 2.29. The zero-order valence-corrected chi connectivity index (χ0v) is 10.8. The molecule has 0 unspecified atom stereocenters. The molecule has 0 aliphatic heterocycles. The number of carbonyl (C=O) groups excluding carboxylic acids is 2. The van der Waals surface area contributed by atoms with E-state index < -0.39 is 23.8 Å². The number of carboxylic acid groups (broad SMARTS) is 2. The van der Waals surface area contributed by atoms with Gasteiger partial charge in [0.2, 0.25) is 0 Å². The fourth-order valence-corrected chi connectivity index (χ4v) is 2.25. The van der Waals surface area contributed by atoms with Gasteiger partial charge in [-0.15, -0.1) is 0 Å². The smallest absolute Gasteiger partial charge is 0.0455 e. The first kappa shape index (κ1) is 14.5. The van der Waals surface area contributed by atoms with Crippen molar-refractivity contribution in [2.75, 3.05) is 0 Å². The van der Waals surface area contributed by atoms with Crippen molar-refractivity contribution in [2.24, 2.45) is 11.8 Å². The van der Waals surface area contributed by atoms with Gasteiger partial charge in [0.1, 0.15) is 0 Å². The Balaban J connectivity index is 2.71. The van der Waals surface area contributed by atoms with Gasteiger partial charge in [-0.1, -0.05) is 23.3 Å². The average Bonchev–Trinajstić information content (AvgIpc) is 2.28. The number of carbonyl (C=O) groups is 2. The van der Waals surface area contributed by atoms with E-state index in [2.05, 4.69) is 0 Å². The lowest BCUT2D eigenvalue weighted by Gasteiger charge is -2.34. The van der Waals surface area contributed by atoms with E-state index in [0.717, 1.165) is 12.0 Å². The SMILES string of the molecule is CC(C)=CC/C=C1/CC[C@H](C(=O)[O-])[C@@H](C(=O)[O-])C1. The van der Waals surface area contributed by atoms with Crippen molar-refractivity contribution < 1.29 is 19.8 Å². The molecule has 1 fully saturated rings. The second kappa shape index (κ2) is 6.38. The molecular weight excluding hydrogens is 232 g/mol. The molecule has 2 atom stereocenters. The van der Waals surface area contributed by atoms with Crippen molar-refractivity contribution >= 4 is 11.9 Å². The predicted molar refractivity (Wildman–Crippen MR) is 63.0 cm³/mol. The molecule has 1 saturated carbocycles.